The monoisotopic (exact) mass is 312 g/mol. The fraction of sp³-hybridized carbons (Fsp3) is 0.375. The van der Waals surface area contributed by atoms with Crippen molar-refractivity contribution in [1.82, 2.24) is 9.88 Å². The number of halogens is 4. The first-order valence-electron chi connectivity index (χ1n) is 7.05. The standard InChI is InChI=1S/C16H16F4N2/c1-22-8-11(6-16(18,19)20)15-14(9-22)13(7-21-15)10-2-4-12(17)5-3-10/h2-5,7,11,21H,6,8-9H2,1H3. The van der Waals surface area contributed by atoms with Crippen molar-refractivity contribution in [3.63, 3.8) is 0 Å². The number of hydrogen-bond acceptors (Lipinski definition) is 1. The van der Waals surface area contributed by atoms with E-state index < -0.39 is 18.5 Å². The third-order valence-corrected chi connectivity index (χ3v) is 4.02. The SMILES string of the molecule is CN1Cc2c(-c3ccc(F)cc3)c[nH]c2C(CC(F)(F)F)C1. The lowest BCUT2D eigenvalue weighted by atomic mass is 9.90. The van der Waals surface area contributed by atoms with E-state index in [-0.39, 0.29) is 5.82 Å². The summed E-state index contributed by atoms with van der Waals surface area (Å²) < 4.78 is 51.3. The summed E-state index contributed by atoms with van der Waals surface area (Å²) in [6, 6.07) is 6.00. The molecular formula is C16H16F4N2. The molecule has 0 bridgehead atoms. The van der Waals surface area contributed by atoms with Gasteiger partial charge in [-0.05, 0) is 30.3 Å². The molecule has 1 aliphatic heterocycles. The molecule has 2 heterocycles. The first-order chi connectivity index (χ1) is 10.3. The van der Waals surface area contributed by atoms with Crippen LogP contribution in [0.25, 0.3) is 11.1 Å². The summed E-state index contributed by atoms with van der Waals surface area (Å²) >= 11 is 0. The van der Waals surface area contributed by atoms with Crippen LogP contribution in [0.5, 0.6) is 0 Å². The Morgan fingerprint density at radius 1 is 1.23 bits per heavy atom. The van der Waals surface area contributed by atoms with Crippen LogP contribution in [0.3, 0.4) is 0 Å². The van der Waals surface area contributed by atoms with Gasteiger partial charge < -0.3 is 9.88 Å². The zero-order valence-electron chi connectivity index (χ0n) is 12.0. The fourth-order valence-electron chi connectivity index (χ4n) is 3.14. The molecule has 118 valence electrons. The Bertz CT molecular complexity index is 658. The van der Waals surface area contributed by atoms with Gasteiger partial charge in [-0.3, -0.25) is 0 Å². The predicted molar refractivity (Wildman–Crippen MR) is 75.9 cm³/mol. The molecule has 2 aromatic rings. The largest absolute Gasteiger partial charge is 0.389 e. The second kappa shape index (κ2) is 5.43. The van der Waals surface area contributed by atoms with Gasteiger partial charge in [-0.15, -0.1) is 0 Å². The summed E-state index contributed by atoms with van der Waals surface area (Å²) in [5.41, 5.74) is 3.16. The lowest BCUT2D eigenvalue weighted by Crippen LogP contribution is -2.32. The summed E-state index contributed by atoms with van der Waals surface area (Å²) in [7, 11) is 1.81. The number of nitrogens with one attached hydrogen (secondary N) is 1. The molecule has 3 rings (SSSR count). The average Bonchev–Trinajstić information content (AvgIpc) is 2.81. The smallest absolute Gasteiger partial charge is 0.364 e. The van der Waals surface area contributed by atoms with Crippen molar-refractivity contribution in [3.8, 4) is 11.1 Å². The van der Waals surface area contributed by atoms with E-state index in [4.69, 9.17) is 0 Å². The van der Waals surface area contributed by atoms with Gasteiger partial charge in [-0.25, -0.2) is 4.39 Å². The van der Waals surface area contributed by atoms with Crippen LogP contribution in [0.15, 0.2) is 30.5 Å². The number of aromatic nitrogens is 1. The van der Waals surface area contributed by atoms with Crippen molar-refractivity contribution in [1.29, 1.82) is 0 Å². The highest BCUT2D eigenvalue weighted by molar-refractivity contribution is 5.68. The molecule has 1 aromatic carbocycles. The molecule has 0 saturated heterocycles. The minimum Gasteiger partial charge on any atom is -0.364 e. The first-order valence-corrected chi connectivity index (χ1v) is 7.05. The summed E-state index contributed by atoms with van der Waals surface area (Å²) in [4.78, 5) is 4.90. The molecular weight excluding hydrogens is 296 g/mol. The average molecular weight is 312 g/mol. The van der Waals surface area contributed by atoms with E-state index in [1.165, 1.54) is 12.1 Å². The minimum absolute atomic E-state index is 0.333. The van der Waals surface area contributed by atoms with Crippen LogP contribution in [0.4, 0.5) is 17.6 Å². The maximum atomic E-state index is 13.0. The van der Waals surface area contributed by atoms with E-state index in [0.29, 0.717) is 18.8 Å². The van der Waals surface area contributed by atoms with Gasteiger partial charge in [0.05, 0.1) is 6.42 Å². The van der Waals surface area contributed by atoms with Gasteiger partial charge in [0.15, 0.2) is 0 Å². The van der Waals surface area contributed by atoms with Crippen molar-refractivity contribution >= 4 is 0 Å². The maximum Gasteiger partial charge on any atom is 0.389 e. The van der Waals surface area contributed by atoms with E-state index in [1.807, 2.05) is 11.9 Å². The summed E-state index contributed by atoms with van der Waals surface area (Å²) in [6.45, 7) is 0.954. The molecule has 0 fully saturated rings. The molecule has 6 heteroatoms. The highest BCUT2D eigenvalue weighted by Gasteiger charge is 2.37. The Kier molecular flexibility index (Phi) is 3.72. The molecule has 0 radical (unpaired) electrons. The van der Waals surface area contributed by atoms with Gasteiger partial charge in [0, 0.05) is 36.5 Å². The van der Waals surface area contributed by atoms with Gasteiger partial charge in [-0.2, -0.15) is 13.2 Å². The molecule has 1 atom stereocenters. The zero-order valence-corrected chi connectivity index (χ0v) is 12.0. The van der Waals surface area contributed by atoms with Crippen LogP contribution in [-0.2, 0) is 6.54 Å². The van der Waals surface area contributed by atoms with Crippen molar-refractivity contribution in [2.24, 2.45) is 0 Å². The van der Waals surface area contributed by atoms with E-state index in [1.54, 1.807) is 18.3 Å². The van der Waals surface area contributed by atoms with E-state index >= 15 is 0 Å². The highest BCUT2D eigenvalue weighted by Crippen LogP contribution is 2.39. The van der Waals surface area contributed by atoms with Crippen molar-refractivity contribution in [3.05, 3.63) is 47.5 Å². The number of likely N-dealkylation sites (N-methyl/N-ethyl adjacent to an activating group) is 1. The van der Waals surface area contributed by atoms with E-state index in [9.17, 15) is 17.6 Å². The number of rotatable bonds is 2. The quantitative estimate of drug-likeness (QED) is 0.819. The van der Waals surface area contributed by atoms with Crippen molar-refractivity contribution in [2.75, 3.05) is 13.6 Å². The molecule has 2 nitrogen and oxygen atoms in total. The Labute approximate surface area is 125 Å². The zero-order chi connectivity index (χ0) is 15.9. The van der Waals surface area contributed by atoms with E-state index in [2.05, 4.69) is 4.98 Å². The Balaban J connectivity index is 1.98. The van der Waals surface area contributed by atoms with Crippen molar-refractivity contribution in [2.45, 2.75) is 25.1 Å². The number of alkyl halides is 3. The van der Waals surface area contributed by atoms with Crippen LogP contribution >= 0.6 is 0 Å². The Morgan fingerprint density at radius 3 is 2.55 bits per heavy atom. The van der Waals surface area contributed by atoms with Gasteiger partial charge in [0.1, 0.15) is 5.82 Å². The number of fused-ring (bicyclic) bond motifs is 1. The third kappa shape index (κ3) is 3.02. The highest BCUT2D eigenvalue weighted by atomic mass is 19.4. The molecule has 22 heavy (non-hydrogen) atoms. The summed E-state index contributed by atoms with van der Waals surface area (Å²) in [6.07, 6.45) is -3.31. The van der Waals surface area contributed by atoms with Crippen LogP contribution in [-0.4, -0.2) is 29.7 Å². The predicted octanol–water partition coefficient (Wildman–Crippen LogP) is 4.30. The molecule has 0 aliphatic carbocycles. The van der Waals surface area contributed by atoms with Crippen LogP contribution in [0.1, 0.15) is 23.6 Å². The Morgan fingerprint density at radius 2 is 1.91 bits per heavy atom. The van der Waals surface area contributed by atoms with Crippen LogP contribution < -0.4 is 0 Å². The topological polar surface area (TPSA) is 19.0 Å². The third-order valence-electron chi connectivity index (χ3n) is 4.02. The number of aromatic amines is 1. The second-order valence-corrected chi connectivity index (χ2v) is 5.81. The molecule has 0 saturated carbocycles. The van der Waals surface area contributed by atoms with Gasteiger partial charge in [-0.1, -0.05) is 12.1 Å². The molecule has 1 aromatic heterocycles. The molecule has 0 amide bonds. The number of benzene rings is 1. The maximum absolute atomic E-state index is 13.0. The van der Waals surface area contributed by atoms with Crippen LogP contribution in [0.2, 0.25) is 0 Å². The summed E-state index contributed by atoms with van der Waals surface area (Å²) in [5.74, 6) is -0.928. The van der Waals surface area contributed by atoms with Gasteiger partial charge >= 0.3 is 6.18 Å². The molecule has 1 aliphatic rings. The normalized spacial score (nSPS) is 19.2. The Hall–Kier alpha value is -1.82. The lowest BCUT2D eigenvalue weighted by molar-refractivity contribution is -0.140. The van der Waals surface area contributed by atoms with Crippen LogP contribution in [0, 0.1) is 5.82 Å². The number of nitrogens with zero attached hydrogens (tertiary/aromatic N) is 1. The lowest BCUT2D eigenvalue weighted by Gasteiger charge is -2.31. The second-order valence-electron chi connectivity index (χ2n) is 5.81. The van der Waals surface area contributed by atoms with Gasteiger partial charge in [0.25, 0.3) is 0 Å². The fourth-order valence-corrected chi connectivity index (χ4v) is 3.14. The molecule has 0 spiro atoms. The minimum atomic E-state index is -4.19. The first kappa shape index (κ1) is 15.1. The van der Waals surface area contributed by atoms with Gasteiger partial charge in [0.2, 0.25) is 0 Å². The summed E-state index contributed by atoms with van der Waals surface area (Å²) in [5, 5.41) is 0. The molecule has 1 unspecified atom stereocenters. The number of H-pyrrole nitrogens is 1. The van der Waals surface area contributed by atoms with Crippen molar-refractivity contribution < 1.29 is 17.6 Å². The number of hydrogen-bond donors (Lipinski definition) is 1. The van der Waals surface area contributed by atoms with E-state index in [0.717, 1.165) is 16.7 Å². The molecule has 1 N–H and O–H groups in total.